The fourth-order valence-electron chi connectivity index (χ4n) is 2.88. The van der Waals surface area contributed by atoms with E-state index < -0.39 is 41.1 Å². The molecule has 0 saturated carbocycles. The summed E-state index contributed by atoms with van der Waals surface area (Å²) in [6.07, 6.45) is -4.57. The van der Waals surface area contributed by atoms with Crippen molar-refractivity contribution in [3.05, 3.63) is 92.3 Å². The fourth-order valence-corrected chi connectivity index (χ4v) is 2.88. The van der Waals surface area contributed by atoms with Crippen molar-refractivity contribution >= 4 is 5.91 Å². The van der Waals surface area contributed by atoms with Crippen LogP contribution in [0.2, 0.25) is 0 Å². The number of nitrogens with zero attached hydrogens (tertiary/aromatic N) is 4. The number of aromatic nitrogens is 3. The summed E-state index contributed by atoms with van der Waals surface area (Å²) in [7, 11) is 1.47. The van der Waals surface area contributed by atoms with E-state index in [0.29, 0.717) is 10.3 Å². The number of benzene rings is 2. The van der Waals surface area contributed by atoms with Crippen molar-refractivity contribution in [2.45, 2.75) is 19.6 Å². The minimum Gasteiger partial charge on any atom is -0.340 e. The van der Waals surface area contributed by atoms with Crippen LogP contribution in [-0.2, 0) is 12.7 Å². The number of para-hydroxylation sites is 1. The van der Waals surface area contributed by atoms with Crippen molar-refractivity contribution in [1.29, 1.82) is 0 Å². The van der Waals surface area contributed by atoms with Gasteiger partial charge < -0.3 is 4.90 Å². The van der Waals surface area contributed by atoms with Gasteiger partial charge >= 0.3 is 11.9 Å². The SMILES string of the molecule is CCN(C)C(=O)c1nn(-c2ccccc2)c(=O)n(Cc2cccc(C(F)(F)F)c2)c1=O. The molecule has 3 rings (SSSR count). The van der Waals surface area contributed by atoms with Crippen molar-refractivity contribution < 1.29 is 18.0 Å². The van der Waals surface area contributed by atoms with E-state index in [1.54, 1.807) is 37.3 Å². The number of hydrogen-bond acceptors (Lipinski definition) is 4. The molecule has 3 aromatic rings. The molecule has 0 aliphatic heterocycles. The third-order valence-corrected chi connectivity index (χ3v) is 4.68. The zero-order valence-electron chi connectivity index (χ0n) is 16.8. The normalized spacial score (nSPS) is 11.4. The zero-order chi connectivity index (χ0) is 22.8. The highest BCUT2D eigenvalue weighted by Gasteiger charge is 2.30. The second-order valence-corrected chi connectivity index (χ2v) is 6.79. The Bertz CT molecular complexity index is 1220. The van der Waals surface area contributed by atoms with E-state index in [1.807, 2.05) is 0 Å². The second-order valence-electron chi connectivity index (χ2n) is 6.79. The lowest BCUT2D eigenvalue weighted by Gasteiger charge is -2.16. The van der Waals surface area contributed by atoms with Crippen LogP contribution < -0.4 is 11.2 Å². The van der Waals surface area contributed by atoms with Crippen molar-refractivity contribution in [1.82, 2.24) is 19.2 Å². The lowest BCUT2D eigenvalue weighted by molar-refractivity contribution is -0.137. The van der Waals surface area contributed by atoms with Gasteiger partial charge in [-0.1, -0.05) is 30.3 Å². The first-order valence-corrected chi connectivity index (χ1v) is 9.34. The maximum atomic E-state index is 13.1. The molecule has 1 amide bonds. The molecule has 0 atom stereocenters. The molecule has 0 unspecified atom stereocenters. The summed E-state index contributed by atoms with van der Waals surface area (Å²) in [5, 5.41) is 3.97. The maximum absolute atomic E-state index is 13.1. The predicted octanol–water partition coefficient (Wildman–Crippen LogP) is 2.55. The molecule has 1 heterocycles. The Kier molecular flexibility index (Phi) is 6.09. The average molecular weight is 432 g/mol. The number of amides is 1. The number of carbonyl (C=O) groups excluding carboxylic acids is 1. The van der Waals surface area contributed by atoms with E-state index in [-0.39, 0.29) is 12.1 Å². The van der Waals surface area contributed by atoms with Gasteiger partial charge in [-0.2, -0.15) is 23.0 Å². The van der Waals surface area contributed by atoms with Gasteiger partial charge in [0.1, 0.15) is 0 Å². The average Bonchev–Trinajstić information content (AvgIpc) is 2.76. The van der Waals surface area contributed by atoms with Crippen LogP contribution in [0.5, 0.6) is 0 Å². The van der Waals surface area contributed by atoms with Crippen molar-refractivity contribution in [3.63, 3.8) is 0 Å². The van der Waals surface area contributed by atoms with Crippen LogP contribution in [0.15, 0.2) is 64.2 Å². The Morgan fingerprint density at radius 1 is 1.06 bits per heavy atom. The fraction of sp³-hybridized carbons (Fsp3) is 0.238. The summed E-state index contributed by atoms with van der Waals surface area (Å²) < 4.78 is 40.8. The van der Waals surface area contributed by atoms with E-state index in [1.165, 1.54) is 24.1 Å². The van der Waals surface area contributed by atoms with Crippen LogP contribution in [0.25, 0.3) is 5.69 Å². The number of rotatable bonds is 5. The standard InChI is InChI=1S/C21H19F3N4O3/c1-3-26(2)18(29)17-19(30)27(13-14-8-7-9-15(12-14)21(22,23)24)20(31)28(25-17)16-10-5-4-6-11-16/h4-12H,3,13H2,1-2H3. The molecule has 0 N–H and O–H groups in total. The van der Waals surface area contributed by atoms with E-state index in [2.05, 4.69) is 5.10 Å². The molecule has 0 aliphatic rings. The molecular weight excluding hydrogens is 413 g/mol. The van der Waals surface area contributed by atoms with Gasteiger partial charge in [0.15, 0.2) is 0 Å². The Morgan fingerprint density at radius 3 is 2.35 bits per heavy atom. The van der Waals surface area contributed by atoms with Gasteiger partial charge in [0, 0.05) is 13.6 Å². The topological polar surface area (TPSA) is 77.2 Å². The minimum absolute atomic E-state index is 0.0853. The van der Waals surface area contributed by atoms with E-state index >= 15 is 0 Å². The molecule has 0 aliphatic carbocycles. The second kappa shape index (κ2) is 8.58. The van der Waals surface area contributed by atoms with Gasteiger partial charge in [-0.15, -0.1) is 0 Å². The third-order valence-electron chi connectivity index (χ3n) is 4.68. The highest BCUT2D eigenvalue weighted by molar-refractivity contribution is 5.91. The van der Waals surface area contributed by atoms with E-state index in [0.717, 1.165) is 16.8 Å². The van der Waals surface area contributed by atoms with Crippen molar-refractivity contribution in [2.75, 3.05) is 13.6 Å². The Hall–Kier alpha value is -3.69. The van der Waals surface area contributed by atoms with E-state index in [4.69, 9.17) is 0 Å². The Labute approximate surface area is 175 Å². The molecule has 2 aromatic carbocycles. The summed E-state index contributed by atoms with van der Waals surface area (Å²) in [5.41, 5.74) is -2.86. The summed E-state index contributed by atoms with van der Waals surface area (Å²) in [4.78, 5) is 39.9. The number of hydrogen-bond donors (Lipinski definition) is 0. The summed E-state index contributed by atoms with van der Waals surface area (Å²) in [6, 6.07) is 12.4. The molecule has 0 spiro atoms. The molecular formula is C21H19F3N4O3. The molecule has 0 bridgehead atoms. The highest BCUT2D eigenvalue weighted by atomic mass is 19.4. The summed E-state index contributed by atoms with van der Waals surface area (Å²) >= 11 is 0. The smallest absolute Gasteiger partial charge is 0.340 e. The monoisotopic (exact) mass is 432 g/mol. The lowest BCUT2D eigenvalue weighted by atomic mass is 10.1. The molecule has 0 radical (unpaired) electrons. The molecule has 31 heavy (non-hydrogen) atoms. The first kappa shape index (κ1) is 22.0. The lowest BCUT2D eigenvalue weighted by Crippen LogP contribution is -2.46. The quantitative estimate of drug-likeness (QED) is 0.621. The Balaban J connectivity index is 2.21. The first-order chi connectivity index (χ1) is 14.6. The number of halogens is 3. The van der Waals surface area contributed by atoms with Crippen LogP contribution in [0.1, 0.15) is 28.5 Å². The van der Waals surface area contributed by atoms with Gasteiger partial charge in [-0.3, -0.25) is 14.2 Å². The van der Waals surface area contributed by atoms with Gasteiger partial charge in [-0.05, 0) is 36.8 Å². The van der Waals surface area contributed by atoms with Crippen molar-refractivity contribution in [2.24, 2.45) is 0 Å². The maximum Gasteiger partial charge on any atom is 0.416 e. The molecule has 10 heteroatoms. The Morgan fingerprint density at radius 2 is 1.74 bits per heavy atom. The summed E-state index contributed by atoms with van der Waals surface area (Å²) in [6.45, 7) is 1.54. The molecule has 0 saturated heterocycles. The van der Waals surface area contributed by atoms with Crippen LogP contribution >= 0.6 is 0 Å². The zero-order valence-corrected chi connectivity index (χ0v) is 16.8. The largest absolute Gasteiger partial charge is 0.416 e. The number of alkyl halides is 3. The van der Waals surface area contributed by atoms with Gasteiger partial charge in [0.05, 0.1) is 17.8 Å². The van der Waals surface area contributed by atoms with Crippen LogP contribution in [0, 0.1) is 0 Å². The first-order valence-electron chi connectivity index (χ1n) is 9.34. The van der Waals surface area contributed by atoms with Gasteiger partial charge in [-0.25, -0.2) is 4.79 Å². The van der Waals surface area contributed by atoms with Crippen LogP contribution in [0.4, 0.5) is 13.2 Å². The molecule has 162 valence electrons. The highest BCUT2D eigenvalue weighted by Crippen LogP contribution is 2.29. The van der Waals surface area contributed by atoms with Crippen LogP contribution in [0.3, 0.4) is 0 Å². The molecule has 0 fully saturated rings. The molecule has 7 nitrogen and oxygen atoms in total. The van der Waals surface area contributed by atoms with Crippen molar-refractivity contribution in [3.8, 4) is 5.69 Å². The third kappa shape index (κ3) is 4.57. The minimum atomic E-state index is -4.57. The predicted molar refractivity (Wildman–Crippen MR) is 107 cm³/mol. The number of carbonyl (C=O) groups is 1. The van der Waals surface area contributed by atoms with Gasteiger partial charge in [0.2, 0.25) is 5.69 Å². The molecule has 1 aromatic heterocycles. The van der Waals surface area contributed by atoms with Crippen LogP contribution in [-0.4, -0.2) is 38.7 Å². The summed E-state index contributed by atoms with van der Waals surface area (Å²) in [5.74, 6) is -0.699. The van der Waals surface area contributed by atoms with E-state index in [9.17, 15) is 27.6 Å². The van der Waals surface area contributed by atoms with Gasteiger partial charge in [0.25, 0.3) is 11.5 Å².